The first kappa shape index (κ1) is 17.1. The molecule has 1 aliphatic heterocycles. The van der Waals surface area contributed by atoms with E-state index in [1.165, 1.54) is 0 Å². The Kier molecular flexibility index (Phi) is 9.10. The Morgan fingerprint density at radius 1 is 1.53 bits per heavy atom. The summed E-state index contributed by atoms with van der Waals surface area (Å²) in [7, 11) is 0. The van der Waals surface area contributed by atoms with Gasteiger partial charge in [0, 0.05) is 12.2 Å². The molecule has 102 valence electrons. The maximum atomic E-state index is 11.7. The van der Waals surface area contributed by atoms with E-state index in [4.69, 9.17) is 10.5 Å². The fraction of sp³-hybridized carbons (Fsp3) is 0.917. The summed E-state index contributed by atoms with van der Waals surface area (Å²) in [5, 5.41) is 0. The van der Waals surface area contributed by atoms with Crippen molar-refractivity contribution in [1.82, 2.24) is 0 Å². The molecular weight excluding hydrogens is 258 g/mol. The van der Waals surface area contributed by atoms with Crippen molar-refractivity contribution < 1.29 is 9.53 Å². The predicted molar refractivity (Wildman–Crippen MR) is 75.7 cm³/mol. The van der Waals surface area contributed by atoms with Gasteiger partial charge in [0.1, 0.15) is 6.10 Å². The first-order chi connectivity index (χ1) is 7.61. The van der Waals surface area contributed by atoms with Crippen molar-refractivity contribution >= 4 is 30.1 Å². The number of carbonyl (C=O) groups is 1. The Bertz CT molecular complexity index is 221. The molecule has 1 heterocycles. The van der Waals surface area contributed by atoms with Crippen molar-refractivity contribution in [1.29, 1.82) is 0 Å². The van der Waals surface area contributed by atoms with Gasteiger partial charge < -0.3 is 10.5 Å². The van der Waals surface area contributed by atoms with Crippen molar-refractivity contribution in [2.24, 2.45) is 17.6 Å². The highest BCUT2D eigenvalue weighted by molar-refractivity contribution is 7.99. The van der Waals surface area contributed by atoms with Crippen LogP contribution in [0.25, 0.3) is 0 Å². The third kappa shape index (κ3) is 7.17. The van der Waals surface area contributed by atoms with Gasteiger partial charge in [-0.15, -0.1) is 12.4 Å². The average molecular weight is 282 g/mol. The highest BCUT2D eigenvalue weighted by Gasteiger charge is 2.21. The zero-order valence-electron chi connectivity index (χ0n) is 10.7. The molecule has 0 aromatic carbocycles. The quantitative estimate of drug-likeness (QED) is 0.760. The van der Waals surface area contributed by atoms with Crippen LogP contribution in [0.4, 0.5) is 0 Å². The van der Waals surface area contributed by atoms with E-state index in [0.717, 1.165) is 24.3 Å². The van der Waals surface area contributed by atoms with Gasteiger partial charge in [0.05, 0.1) is 0 Å². The molecule has 1 aliphatic rings. The lowest BCUT2D eigenvalue weighted by molar-refractivity contribution is -0.149. The van der Waals surface area contributed by atoms with Crippen LogP contribution in [0.2, 0.25) is 0 Å². The summed E-state index contributed by atoms with van der Waals surface area (Å²) in [6.45, 7) is 4.88. The van der Waals surface area contributed by atoms with Gasteiger partial charge in [0.2, 0.25) is 0 Å². The maximum absolute atomic E-state index is 11.7. The SMILES string of the molecule is CC(C)C[C@H](CN)CC(=O)OC1CCSC1.Cl. The Labute approximate surface area is 115 Å². The Balaban J connectivity index is 0.00000256. The third-order valence-electron chi connectivity index (χ3n) is 2.78. The van der Waals surface area contributed by atoms with E-state index in [2.05, 4.69) is 13.8 Å². The van der Waals surface area contributed by atoms with Crippen LogP contribution in [-0.4, -0.2) is 30.1 Å². The molecule has 0 aromatic rings. The molecule has 2 atom stereocenters. The molecule has 1 unspecified atom stereocenters. The van der Waals surface area contributed by atoms with Crippen molar-refractivity contribution in [3.63, 3.8) is 0 Å². The average Bonchev–Trinajstić information content (AvgIpc) is 2.68. The molecule has 5 heteroatoms. The van der Waals surface area contributed by atoms with Gasteiger partial charge in [-0.1, -0.05) is 13.8 Å². The van der Waals surface area contributed by atoms with Crippen LogP contribution < -0.4 is 5.73 Å². The van der Waals surface area contributed by atoms with E-state index < -0.39 is 0 Å². The van der Waals surface area contributed by atoms with Crippen molar-refractivity contribution in [3.8, 4) is 0 Å². The van der Waals surface area contributed by atoms with Crippen LogP contribution in [0.5, 0.6) is 0 Å². The summed E-state index contributed by atoms with van der Waals surface area (Å²) in [6.07, 6.45) is 2.64. The number of halogens is 1. The largest absolute Gasteiger partial charge is 0.461 e. The van der Waals surface area contributed by atoms with Gasteiger partial charge in [0.25, 0.3) is 0 Å². The molecule has 1 rings (SSSR count). The van der Waals surface area contributed by atoms with Gasteiger partial charge >= 0.3 is 5.97 Å². The number of ether oxygens (including phenoxy) is 1. The lowest BCUT2D eigenvalue weighted by Crippen LogP contribution is -2.24. The van der Waals surface area contributed by atoms with Crippen LogP contribution in [0.15, 0.2) is 0 Å². The number of rotatable bonds is 6. The molecule has 0 spiro atoms. The number of carbonyl (C=O) groups excluding carboxylic acids is 1. The van der Waals surface area contributed by atoms with Crippen molar-refractivity contribution in [3.05, 3.63) is 0 Å². The number of thioether (sulfide) groups is 1. The molecule has 0 aliphatic carbocycles. The van der Waals surface area contributed by atoms with E-state index in [1.807, 2.05) is 11.8 Å². The predicted octanol–water partition coefficient (Wildman–Crippen LogP) is 2.47. The van der Waals surface area contributed by atoms with Crippen LogP contribution in [0, 0.1) is 11.8 Å². The topological polar surface area (TPSA) is 52.3 Å². The molecule has 1 saturated heterocycles. The molecule has 0 amide bonds. The highest BCUT2D eigenvalue weighted by atomic mass is 35.5. The first-order valence-electron chi connectivity index (χ1n) is 6.09. The molecule has 3 nitrogen and oxygen atoms in total. The summed E-state index contributed by atoms with van der Waals surface area (Å²) >= 11 is 1.86. The Morgan fingerprint density at radius 2 is 2.24 bits per heavy atom. The molecule has 1 fully saturated rings. The zero-order valence-corrected chi connectivity index (χ0v) is 12.3. The Morgan fingerprint density at radius 3 is 2.71 bits per heavy atom. The summed E-state index contributed by atoms with van der Waals surface area (Å²) in [4.78, 5) is 11.7. The van der Waals surface area contributed by atoms with Gasteiger partial charge in [-0.05, 0) is 37.0 Å². The van der Waals surface area contributed by atoms with Gasteiger partial charge in [-0.2, -0.15) is 11.8 Å². The molecule has 0 bridgehead atoms. The molecule has 0 radical (unpaired) electrons. The zero-order chi connectivity index (χ0) is 12.0. The molecule has 0 saturated carbocycles. The lowest BCUT2D eigenvalue weighted by atomic mass is 9.94. The summed E-state index contributed by atoms with van der Waals surface area (Å²) < 4.78 is 5.41. The summed E-state index contributed by atoms with van der Waals surface area (Å²) in [5.74, 6) is 2.88. The fourth-order valence-electron chi connectivity index (χ4n) is 2.01. The van der Waals surface area contributed by atoms with Gasteiger partial charge in [-0.3, -0.25) is 4.79 Å². The normalized spacial score (nSPS) is 21.1. The number of hydrogen-bond acceptors (Lipinski definition) is 4. The number of nitrogens with two attached hydrogens (primary N) is 1. The monoisotopic (exact) mass is 281 g/mol. The minimum atomic E-state index is -0.0661. The minimum absolute atomic E-state index is 0. The van der Waals surface area contributed by atoms with Gasteiger partial charge in [-0.25, -0.2) is 0 Å². The maximum Gasteiger partial charge on any atom is 0.306 e. The Hall–Kier alpha value is 0.0700. The molecule has 0 aromatic heterocycles. The van der Waals surface area contributed by atoms with E-state index in [-0.39, 0.29) is 30.4 Å². The van der Waals surface area contributed by atoms with Gasteiger partial charge in [0.15, 0.2) is 0 Å². The van der Waals surface area contributed by atoms with E-state index in [0.29, 0.717) is 18.9 Å². The standard InChI is InChI=1S/C12H23NO2S.ClH/c1-9(2)5-10(7-13)6-12(14)15-11-3-4-16-8-11;/h9-11H,3-8,13H2,1-2H3;1H/t10-,11?;/m0./s1. The van der Waals surface area contributed by atoms with E-state index >= 15 is 0 Å². The van der Waals surface area contributed by atoms with E-state index in [1.54, 1.807) is 0 Å². The number of hydrogen-bond donors (Lipinski definition) is 1. The molecule has 2 N–H and O–H groups in total. The van der Waals surface area contributed by atoms with Crippen LogP contribution >= 0.6 is 24.2 Å². The molecular formula is C12H24ClNO2S. The second-order valence-electron chi connectivity index (χ2n) is 4.91. The summed E-state index contributed by atoms with van der Waals surface area (Å²) in [5.41, 5.74) is 5.67. The second kappa shape index (κ2) is 9.06. The van der Waals surface area contributed by atoms with Crippen LogP contribution in [0.1, 0.15) is 33.1 Å². The lowest BCUT2D eigenvalue weighted by Gasteiger charge is -2.17. The first-order valence-corrected chi connectivity index (χ1v) is 7.24. The van der Waals surface area contributed by atoms with Crippen LogP contribution in [-0.2, 0) is 9.53 Å². The minimum Gasteiger partial charge on any atom is -0.461 e. The van der Waals surface area contributed by atoms with Crippen LogP contribution in [0.3, 0.4) is 0 Å². The third-order valence-corrected chi connectivity index (χ3v) is 3.91. The fourth-order valence-corrected chi connectivity index (χ4v) is 3.10. The highest BCUT2D eigenvalue weighted by Crippen LogP contribution is 2.22. The number of esters is 1. The van der Waals surface area contributed by atoms with E-state index in [9.17, 15) is 4.79 Å². The summed E-state index contributed by atoms with van der Waals surface area (Å²) in [6, 6.07) is 0. The van der Waals surface area contributed by atoms with Crippen molar-refractivity contribution in [2.45, 2.75) is 39.2 Å². The smallest absolute Gasteiger partial charge is 0.306 e. The van der Waals surface area contributed by atoms with Crippen molar-refractivity contribution in [2.75, 3.05) is 18.1 Å². The second-order valence-corrected chi connectivity index (χ2v) is 6.06. The molecule has 17 heavy (non-hydrogen) atoms.